The lowest BCUT2D eigenvalue weighted by Gasteiger charge is -2.30. The Balaban J connectivity index is 1.50. The van der Waals surface area contributed by atoms with Crippen molar-refractivity contribution in [1.82, 2.24) is 10.2 Å². The molecule has 1 saturated heterocycles. The van der Waals surface area contributed by atoms with E-state index in [1.807, 2.05) is 23.1 Å². The lowest BCUT2D eigenvalue weighted by molar-refractivity contribution is -0.133. The zero-order chi connectivity index (χ0) is 20.5. The van der Waals surface area contributed by atoms with Gasteiger partial charge in [0.2, 0.25) is 5.91 Å². The molecule has 29 heavy (non-hydrogen) atoms. The van der Waals surface area contributed by atoms with Crippen molar-refractivity contribution in [1.29, 1.82) is 0 Å². The van der Waals surface area contributed by atoms with E-state index in [2.05, 4.69) is 17.4 Å². The van der Waals surface area contributed by atoms with Gasteiger partial charge in [-0.1, -0.05) is 43.2 Å². The SMILES string of the molecule is COc1ccc(C(=O)NCCCC(=O)N2CCCCCC2c2ccccc2)cc1. The summed E-state index contributed by atoms with van der Waals surface area (Å²) < 4.78 is 5.11. The van der Waals surface area contributed by atoms with Crippen LogP contribution >= 0.6 is 0 Å². The van der Waals surface area contributed by atoms with Crippen molar-refractivity contribution in [2.24, 2.45) is 0 Å². The highest BCUT2D eigenvalue weighted by Crippen LogP contribution is 2.30. The number of likely N-dealkylation sites (tertiary alicyclic amines) is 1. The molecule has 154 valence electrons. The van der Waals surface area contributed by atoms with Gasteiger partial charge < -0.3 is 15.0 Å². The van der Waals surface area contributed by atoms with E-state index in [4.69, 9.17) is 4.74 Å². The summed E-state index contributed by atoms with van der Waals surface area (Å²) in [5.74, 6) is 0.772. The van der Waals surface area contributed by atoms with Crippen molar-refractivity contribution in [3.8, 4) is 5.75 Å². The molecule has 0 saturated carbocycles. The van der Waals surface area contributed by atoms with Gasteiger partial charge >= 0.3 is 0 Å². The van der Waals surface area contributed by atoms with Crippen LogP contribution in [-0.2, 0) is 4.79 Å². The second-order valence-electron chi connectivity index (χ2n) is 7.45. The minimum absolute atomic E-state index is 0.128. The van der Waals surface area contributed by atoms with Crippen molar-refractivity contribution >= 4 is 11.8 Å². The molecule has 3 rings (SSSR count). The molecule has 0 aromatic heterocycles. The topological polar surface area (TPSA) is 58.6 Å². The van der Waals surface area contributed by atoms with Crippen LogP contribution in [0.4, 0.5) is 0 Å². The Morgan fingerprint density at radius 1 is 1.03 bits per heavy atom. The molecule has 1 aliphatic heterocycles. The van der Waals surface area contributed by atoms with Crippen molar-refractivity contribution in [3.05, 3.63) is 65.7 Å². The molecule has 1 heterocycles. The summed E-state index contributed by atoms with van der Waals surface area (Å²) >= 11 is 0. The number of nitrogens with zero attached hydrogens (tertiary/aromatic N) is 1. The molecule has 2 amide bonds. The largest absolute Gasteiger partial charge is 0.497 e. The van der Waals surface area contributed by atoms with Crippen molar-refractivity contribution < 1.29 is 14.3 Å². The molecule has 5 heteroatoms. The molecule has 0 radical (unpaired) electrons. The van der Waals surface area contributed by atoms with Gasteiger partial charge in [-0.05, 0) is 49.1 Å². The molecule has 1 atom stereocenters. The first kappa shape index (κ1) is 20.9. The number of benzene rings is 2. The minimum Gasteiger partial charge on any atom is -0.497 e. The van der Waals surface area contributed by atoms with Gasteiger partial charge in [0.25, 0.3) is 5.91 Å². The van der Waals surface area contributed by atoms with Crippen molar-refractivity contribution in [2.75, 3.05) is 20.2 Å². The number of amides is 2. The first-order valence-electron chi connectivity index (χ1n) is 10.5. The highest BCUT2D eigenvalue weighted by molar-refractivity contribution is 5.94. The number of hydrogen-bond donors (Lipinski definition) is 1. The number of carbonyl (C=O) groups is 2. The Bertz CT molecular complexity index is 790. The maximum atomic E-state index is 12.9. The number of nitrogens with one attached hydrogen (secondary N) is 1. The average Bonchev–Trinajstić information content (AvgIpc) is 3.03. The van der Waals surface area contributed by atoms with Crippen LogP contribution < -0.4 is 10.1 Å². The normalized spacial score (nSPS) is 16.7. The van der Waals surface area contributed by atoms with Crippen molar-refractivity contribution in [3.63, 3.8) is 0 Å². The Morgan fingerprint density at radius 3 is 2.52 bits per heavy atom. The quantitative estimate of drug-likeness (QED) is 0.711. The number of rotatable bonds is 7. The van der Waals surface area contributed by atoms with Gasteiger partial charge in [0.1, 0.15) is 5.75 Å². The molecule has 0 spiro atoms. The van der Waals surface area contributed by atoms with E-state index < -0.39 is 0 Å². The van der Waals surface area contributed by atoms with Gasteiger partial charge in [-0.15, -0.1) is 0 Å². The second kappa shape index (κ2) is 10.6. The van der Waals surface area contributed by atoms with E-state index in [0.717, 1.165) is 31.6 Å². The predicted octanol–water partition coefficient (Wildman–Crippen LogP) is 4.35. The Morgan fingerprint density at radius 2 is 1.79 bits per heavy atom. The first-order valence-corrected chi connectivity index (χ1v) is 10.5. The maximum Gasteiger partial charge on any atom is 0.251 e. The lowest BCUT2D eigenvalue weighted by Crippen LogP contribution is -2.35. The summed E-state index contributed by atoms with van der Waals surface area (Å²) in [6.45, 7) is 1.30. The molecule has 2 aromatic carbocycles. The molecule has 0 bridgehead atoms. The van der Waals surface area contributed by atoms with E-state index in [9.17, 15) is 9.59 Å². The van der Waals surface area contributed by atoms with Gasteiger partial charge in [0.05, 0.1) is 13.2 Å². The average molecular weight is 395 g/mol. The third-order valence-electron chi connectivity index (χ3n) is 5.46. The predicted molar refractivity (Wildman–Crippen MR) is 114 cm³/mol. The molecular weight excluding hydrogens is 364 g/mol. The Kier molecular flexibility index (Phi) is 7.68. The zero-order valence-corrected chi connectivity index (χ0v) is 17.1. The molecule has 1 fully saturated rings. The number of carbonyl (C=O) groups excluding carboxylic acids is 2. The molecule has 1 unspecified atom stereocenters. The first-order chi connectivity index (χ1) is 14.2. The summed E-state index contributed by atoms with van der Waals surface area (Å²) in [5, 5.41) is 2.90. The second-order valence-corrected chi connectivity index (χ2v) is 7.45. The van der Waals surface area contributed by atoms with Crippen LogP contribution in [0.3, 0.4) is 0 Å². The van der Waals surface area contributed by atoms with Crippen LogP contribution in [0, 0.1) is 0 Å². The number of methoxy groups -OCH3 is 1. The van der Waals surface area contributed by atoms with E-state index in [0.29, 0.717) is 24.9 Å². The molecule has 1 N–H and O–H groups in total. The fourth-order valence-corrected chi connectivity index (χ4v) is 3.86. The molecular formula is C24H30N2O3. The molecule has 0 aliphatic carbocycles. The van der Waals surface area contributed by atoms with Gasteiger partial charge in [0, 0.05) is 25.1 Å². The van der Waals surface area contributed by atoms with Crippen LogP contribution in [0.2, 0.25) is 0 Å². The monoisotopic (exact) mass is 394 g/mol. The van der Waals surface area contributed by atoms with Crippen LogP contribution in [0.15, 0.2) is 54.6 Å². The summed E-state index contributed by atoms with van der Waals surface area (Å²) in [4.78, 5) is 27.2. The Hall–Kier alpha value is -2.82. The standard InChI is InChI=1S/C24H30N2O3/c1-29-21-15-13-20(14-16-21)24(28)25-17-8-12-23(27)26-18-7-3-6-11-22(26)19-9-4-2-5-10-19/h2,4-5,9-10,13-16,22H,3,6-8,11-12,17-18H2,1H3,(H,25,28). The Labute approximate surface area is 173 Å². The van der Waals surface area contributed by atoms with Crippen LogP contribution in [-0.4, -0.2) is 36.9 Å². The minimum atomic E-state index is -0.128. The van der Waals surface area contributed by atoms with Gasteiger partial charge in [-0.3, -0.25) is 9.59 Å². The summed E-state index contributed by atoms with van der Waals surface area (Å²) in [5.41, 5.74) is 1.81. The maximum absolute atomic E-state index is 12.9. The third kappa shape index (κ3) is 5.83. The fourth-order valence-electron chi connectivity index (χ4n) is 3.86. The molecule has 5 nitrogen and oxygen atoms in total. The van der Waals surface area contributed by atoms with Crippen molar-refractivity contribution in [2.45, 2.75) is 44.6 Å². The lowest BCUT2D eigenvalue weighted by atomic mass is 10.0. The van der Waals surface area contributed by atoms with E-state index >= 15 is 0 Å². The number of hydrogen-bond acceptors (Lipinski definition) is 3. The highest BCUT2D eigenvalue weighted by Gasteiger charge is 2.26. The summed E-state index contributed by atoms with van der Waals surface area (Å²) in [6.07, 6.45) is 5.49. The van der Waals surface area contributed by atoms with Crippen LogP contribution in [0.5, 0.6) is 5.75 Å². The zero-order valence-electron chi connectivity index (χ0n) is 17.1. The third-order valence-corrected chi connectivity index (χ3v) is 5.46. The summed E-state index contributed by atoms with van der Waals surface area (Å²) in [7, 11) is 1.60. The fraction of sp³-hybridized carbons (Fsp3) is 0.417. The number of ether oxygens (including phenoxy) is 1. The highest BCUT2D eigenvalue weighted by atomic mass is 16.5. The van der Waals surface area contributed by atoms with Crippen LogP contribution in [0.25, 0.3) is 0 Å². The smallest absolute Gasteiger partial charge is 0.251 e. The van der Waals surface area contributed by atoms with E-state index in [1.54, 1.807) is 31.4 Å². The van der Waals surface area contributed by atoms with Gasteiger partial charge in [0.15, 0.2) is 0 Å². The van der Waals surface area contributed by atoms with E-state index in [-0.39, 0.29) is 17.9 Å². The summed E-state index contributed by atoms with van der Waals surface area (Å²) in [6, 6.07) is 17.5. The van der Waals surface area contributed by atoms with Gasteiger partial charge in [-0.25, -0.2) is 0 Å². The van der Waals surface area contributed by atoms with Gasteiger partial charge in [-0.2, -0.15) is 0 Å². The molecule has 1 aliphatic rings. The molecule has 2 aromatic rings. The van der Waals surface area contributed by atoms with Crippen LogP contribution in [0.1, 0.15) is 60.5 Å². The van der Waals surface area contributed by atoms with E-state index in [1.165, 1.54) is 12.0 Å².